The molecule has 0 aliphatic rings. The molecule has 0 radical (unpaired) electrons. The second kappa shape index (κ2) is 5.57. The van der Waals surface area contributed by atoms with Crippen LogP contribution < -0.4 is 5.32 Å². The summed E-state index contributed by atoms with van der Waals surface area (Å²) in [6.45, 7) is 5.19. The quantitative estimate of drug-likeness (QED) is 0.766. The minimum absolute atomic E-state index is 0.0556. The SMILES string of the molecule is CC(C)(C)NC(=O)c1nc2nc(-c3ccco3)cc(C(F)(F)F)n2n1. The molecule has 3 heterocycles. The van der Waals surface area contributed by atoms with Crippen LogP contribution in [0.5, 0.6) is 0 Å². The van der Waals surface area contributed by atoms with Crippen LogP contribution in [-0.2, 0) is 6.18 Å². The van der Waals surface area contributed by atoms with Gasteiger partial charge in [0.25, 0.3) is 11.7 Å². The molecule has 3 rings (SSSR count). The van der Waals surface area contributed by atoms with E-state index >= 15 is 0 Å². The van der Waals surface area contributed by atoms with E-state index in [0.29, 0.717) is 4.52 Å². The number of alkyl halides is 3. The number of rotatable bonds is 2. The molecule has 0 aliphatic carbocycles. The maximum atomic E-state index is 13.4. The summed E-state index contributed by atoms with van der Waals surface area (Å²) in [7, 11) is 0. The van der Waals surface area contributed by atoms with Crippen molar-refractivity contribution in [3.63, 3.8) is 0 Å². The van der Waals surface area contributed by atoms with E-state index in [0.717, 1.165) is 6.07 Å². The largest absolute Gasteiger partial charge is 0.463 e. The zero-order valence-electron chi connectivity index (χ0n) is 13.5. The first-order chi connectivity index (χ1) is 11.5. The predicted molar refractivity (Wildman–Crippen MR) is 80.7 cm³/mol. The number of carbonyl (C=O) groups excluding carboxylic acids is 1. The number of nitrogens with zero attached hydrogens (tertiary/aromatic N) is 4. The van der Waals surface area contributed by atoms with E-state index in [1.807, 2.05) is 0 Å². The van der Waals surface area contributed by atoms with Gasteiger partial charge in [0.15, 0.2) is 11.5 Å². The van der Waals surface area contributed by atoms with Crippen molar-refractivity contribution in [1.82, 2.24) is 24.9 Å². The van der Waals surface area contributed by atoms with E-state index in [-0.39, 0.29) is 17.2 Å². The lowest BCUT2D eigenvalue weighted by Crippen LogP contribution is -2.41. The molecule has 10 heteroatoms. The molecule has 0 aliphatic heterocycles. The molecule has 0 aromatic carbocycles. The number of hydrogen-bond donors (Lipinski definition) is 1. The summed E-state index contributed by atoms with van der Waals surface area (Å²) < 4.78 is 45.7. The van der Waals surface area contributed by atoms with Crippen molar-refractivity contribution in [2.24, 2.45) is 0 Å². The molecule has 0 atom stereocenters. The lowest BCUT2D eigenvalue weighted by atomic mass is 10.1. The molecule has 0 bridgehead atoms. The molecule has 25 heavy (non-hydrogen) atoms. The number of furan rings is 1. The number of carbonyl (C=O) groups is 1. The highest BCUT2D eigenvalue weighted by Gasteiger charge is 2.36. The van der Waals surface area contributed by atoms with Gasteiger partial charge in [-0.25, -0.2) is 4.98 Å². The number of nitrogens with one attached hydrogen (secondary N) is 1. The fourth-order valence-electron chi connectivity index (χ4n) is 2.11. The van der Waals surface area contributed by atoms with E-state index in [9.17, 15) is 18.0 Å². The lowest BCUT2D eigenvalue weighted by molar-refractivity contribution is -0.142. The minimum Gasteiger partial charge on any atom is -0.463 e. The van der Waals surface area contributed by atoms with Crippen LogP contribution in [0.4, 0.5) is 13.2 Å². The normalized spacial score (nSPS) is 12.6. The Labute approximate surface area is 139 Å². The summed E-state index contributed by atoms with van der Waals surface area (Å²) in [6, 6.07) is 3.80. The summed E-state index contributed by atoms with van der Waals surface area (Å²) in [4.78, 5) is 20.0. The number of fused-ring (bicyclic) bond motifs is 1. The fraction of sp³-hybridized carbons (Fsp3) is 0.333. The van der Waals surface area contributed by atoms with Crippen LogP contribution in [0.3, 0.4) is 0 Å². The Balaban J connectivity index is 2.16. The first-order valence-electron chi connectivity index (χ1n) is 7.26. The highest BCUT2D eigenvalue weighted by Crippen LogP contribution is 2.31. The Morgan fingerprint density at radius 1 is 1.24 bits per heavy atom. The van der Waals surface area contributed by atoms with Gasteiger partial charge in [-0.1, -0.05) is 0 Å². The summed E-state index contributed by atoms with van der Waals surface area (Å²) in [6.07, 6.45) is -3.39. The monoisotopic (exact) mass is 353 g/mol. The van der Waals surface area contributed by atoms with Crippen molar-refractivity contribution in [3.8, 4) is 11.5 Å². The molecule has 7 nitrogen and oxygen atoms in total. The number of hydrogen-bond acceptors (Lipinski definition) is 5. The van der Waals surface area contributed by atoms with Gasteiger partial charge in [0.1, 0.15) is 5.69 Å². The highest BCUT2D eigenvalue weighted by atomic mass is 19.4. The number of amides is 1. The standard InChI is InChI=1S/C15H14F3N5O2/c1-14(2,3)21-12(24)11-20-13-19-8(9-5-4-6-25-9)7-10(15(16,17)18)23(13)22-11/h4-7H,1-3H3,(H,21,24). The van der Waals surface area contributed by atoms with Crippen molar-refractivity contribution < 1.29 is 22.4 Å². The fourth-order valence-corrected chi connectivity index (χ4v) is 2.11. The van der Waals surface area contributed by atoms with Crippen molar-refractivity contribution in [3.05, 3.63) is 36.0 Å². The van der Waals surface area contributed by atoms with Crippen LogP contribution in [0.1, 0.15) is 37.1 Å². The lowest BCUT2D eigenvalue weighted by Gasteiger charge is -2.18. The van der Waals surface area contributed by atoms with E-state index in [4.69, 9.17) is 4.42 Å². The molecule has 3 aromatic rings. The number of aromatic nitrogens is 4. The molecule has 0 fully saturated rings. The summed E-state index contributed by atoms with van der Waals surface area (Å²) in [5, 5.41) is 6.26. The van der Waals surface area contributed by atoms with Gasteiger partial charge in [-0.2, -0.15) is 22.7 Å². The van der Waals surface area contributed by atoms with E-state index in [1.165, 1.54) is 18.4 Å². The van der Waals surface area contributed by atoms with Crippen LogP contribution >= 0.6 is 0 Å². The Bertz CT molecular complexity index is 923. The van der Waals surface area contributed by atoms with Crippen molar-refractivity contribution in [1.29, 1.82) is 0 Å². The van der Waals surface area contributed by atoms with Crippen LogP contribution in [0, 0.1) is 0 Å². The summed E-state index contributed by atoms with van der Waals surface area (Å²) in [5.74, 6) is -1.29. The Morgan fingerprint density at radius 3 is 2.52 bits per heavy atom. The third-order valence-corrected chi connectivity index (χ3v) is 3.07. The van der Waals surface area contributed by atoms with Gasteiger partial charge in [-0.05, 0) is 39.0 Å². The van der Waals surface area contributed by atoms with Gasteiger partial charge >= 0.3 is 6.18 Å². The topological polar surface area (TPSA) is 85.3 Å². The summed E-state index contributed by atoms with van der Waals surface area (Å²) in [5.41, 5.74) is -1.75. The Morgan fingerprint density at radius 2 is 1.96 bits per heavy atom. The predicted octanol–water partition coefficient (Wildman–Crippen LogP) is 2.93. The molecule has 3 aromatic heterocycles. The first kappa shape index (κ1) is 16.9. The maximum absolute atomic E-state index is 13.4. The minimum atomic E-state index is -4.71. The smallest absolute Gasteiger partial charge is 0.433 e. The van der Waals surface area contributed by atoms with Gasteiger partial charge < -0.3 is 9.73 Å². The third kappa shape index (κ3) is 3.47. The maximum Gasteiger partial charge on any atom is 0.433 e. The molecule has 132 valence electrons. The molecule has 0 spiro atoms. The van der Waals surface area contributed by atoms with Gasteiger partial charge in [0.05, 0.1) is 6.26 Å². The van der Waals surface area contributed by atoms with Crippen molar-refractivity contribution in [2.75, 3.05) is 0 Å². The Kier molecular flexibility index (Phi) is 3.77. The van der Waals surface area contributed by atoms with Crippen molar-refractivity contribution >= 4 is 11.7 Å². The zero-order valence-corrected chi connectivity index (χ0v) is 13.5. The van der Waals surface area contributed by atoms with E-state index in [1.54, 1.807) is 20.8 Å². The van der Waals surface area contributed by atoms with Crippen LogP contribution in [-0.4, -0.2) is 31.0 Å². The first-order valence-corrected chi connectivity index (χ1v) is 7.26. The van der Waals surface area contributed by atoms with E-state index in [2.05, 4.69) is 20.4 Å². The molecular formula is C15H14F3N5O2. The Hall–Kier alpha value is -2.91. The zero-order chi connectivity index (χ0) is 18.4. The number of halogens is 3. The van der Waals surface area contributed by atoms with Crippen molar-refractivity contribution in [2.45, 2.75) is 32.5 Å². The third-order valence-electron chi connectivity index (χ3n) is 3.07. The molecule has 0 saturated carbocycles. The van der Waals surface area contributed by atoms with Gasteiger partial charge in [-0.15, -0.1) is 5.10 Å². The average Bonchev–Trinajstić information content (AvgIpc) is 3.12. The van der Waals surface area contributed by atoms with Crippen LogP contribution in [0.2, 0.25) is 0 Å². The van der Waals surface area contributed by atoms with Gasteiger partial charge in [-0.3, -0.25) is 4.79 Å². The van der Waals surface area contributed by atoms with Gasteiger partial charge in [0, 0.05) is 5.54 Å². The molecule has 1 amide bonds. The van der Waals surface area contributed by atoms with Gasteiger partial charge in [0.2, 0.25) is 5.82 Å². The highest BCUT2D eigenvalue weighted by molar-refractivity contribution is 5.91. The second-order valence-electron chi connectivity index (χ2n) is 6.35. The summed E-state index contributed by atoms with van der Waals surface area (Å²) >= 11 is 0. The average molecular weight is 353 g/mol. The van der Waals surface area contributed by atoms with Crippen LogP contribution in [0.15, 0.2) is 28.9 Å². The molecule has 1 N–H and O–H groups in total. The van der Waals surface area contributed by atoms with Crippen LogP contribution in [0.25, 0.3) is 17.2 Å². The molecular weight excluding hydrogens is 339 g/mol. The van der Waals surface area contributed by atoms with E-state index < -0.39 is 29.1 Å². The molecule has 0 saturated heterocycles. The molecule has 0 unspecified atom stereocenters. The second-order valence-corrected chi connectivity index (χ2v) is 6.35.